The minimum atomic E-state index is -0.909. The first-order valence-electron chi connectivity index (χ1n) is 5.55. The molecule has 0 spiro atoms. The van der Waals surface area contributed by atoms with Crippen molar-refractivity contribution < 1.29 is 19.4 Å². The standard InChI is InChI=1S/C12H17NO4/c1-2-3-4-5-11(14)13-6-7-17-10(9-13)8-12(15)16/h2-5,10H,6-9H2,1H3,(H,15,16). The lowest BCUT2D eigenvalue weighted by atomic mass is 10.2. The van der Waals surface area contributed by atoms with E-state index in [0.29, 0.717) is 19.7 Å². The van der Waals surface area contributed by atoms with Crippen LogP contribution in [0.3, 0.4) is 0 Å². The summed E-state index contributed by atoms with van der Waals surface area (Å²) in [4.78, 5) is 23.9. The molecule has 1 heterocycles. The third-order valence-corrected chi connectivity index (χ3v) is 2.40. The van der Waals surface area contributed by atoms with E-state index in [-0.39, 0.29) is 12.3 Å². The number of morpholine rings is 1. The Kier molecular flexibility index (Phi) is 5.42. The summed E-state index contributed by atoms with van der Waals surface area (Å²) in [6, 6.07) is 0. The second kappa shape index (κ2) is 6.85. The summed E-state index contributed by atoms with van der Waals surface area (Å²) in [6.07, 6.45) is 6.28. The van der Waals surface area contributed by atoms with Crippen LogP contribution in [0.15, 0.2) is 24.3 Å². The molecule has 17 heavy (non-hydrogen) atoms. The Balaban J connectivity index is 2.48. The summed E-state index contributed by atoms with van der Waals surface area (Å²) in [5.41, 5.74) is 0. The van der Waals surface area contributed by atoms with Crippen molar-refractivity contribution >= 4 is 11.9 Å². The van der Waals surface area contributed by atoms with Gasteiger partial charge in [0.05, 0.1) is 19.1 Å². The summed E-state index contributed by atoms with van der Waals surface area (Å²) in [6.45, 7) is 3.11. The van der Waals surface area contributed by atoms with E-state index in [1.54, 1.807) is 17.1 Å². The predicted octanol–water partition coefficient (Wildman–Crippen LogP) is 0.821. The molecule has 1 N–H and O–H groups in total. The highest BCUT2D eigenvalue weighted by Gasteiger charge is 2.24. The number of nitrogens with zero attached hydrogens (tertiary/aromatic N) is 1. The van der Waals surface area contributed by atoms with Crippen LogP contribution in [0.4, 0.5) is 0 Å². The van der Waals surface area contributed by atoms with Crippen LogP contribution in [0.1, 0.15) is 13.3 Å². The molecule has 1 aliphatic heterocycles. The molecular weight excluding hydrogens is 222 g/mol. The monoisotopic (exact) mass is 239 g/mol. The normalized spacial score (nSPS) is 21.2. The molecular formula is C12H17NO4. The Morgan fingerprint density at radius 3 is 2.88 bits per heavy atom. The average molecular weight is 239 g/mol. The number of ether oxygens (including phenoxy) is 1. The Labute approximate surface area is 100 Å². The number of allylic oxidation sites excluding steroid dienone is 3. The van der Waals surface area contributed by atoms with Crippen molar-refractivity contribution in [1.82, 2.24) is 4.90 Å². The van der Waals surface area contributed by atoms with Crippen LogP contribution < -0.4 is 0 Å². The van der Waals surface area contributed by atoms with Crippen molar-refractivity contribution in [2.75, 3.05) is 19.7 Å². The van der Waals surface area contributed by atoms with E-state index >= 15 is 0 Å². The lowest BCUT2D eigenvalue weighted by Crippen LogP contribution is -2.45. The molecule has 1 fully saturated rings. The molecule has 0 aromatic carbocycles. The third-order valence-electron chi connectivity index (χ3n) is 2.40. The number of hydrogen-bond acceptors (Lipinski definition) is 3. The van der Waals surface area contributed by atoms with Crippen LogP contribution in [0.25, 0.3) is 0 Å². The van der Waals surface area contributed by atoms with Crippen molar-refractivity contribution in [1.29, 1.82) is 0 Å². The maximum absolute atomic E-state index is 11.7. The molecule has 0 radical (unpaired) electrons. The van der Waals surface area contributed by atoms with Gasteiger partial charge in [-0.2, -0.15) is 0 Å². The van der Waals surface area contributed by atoms with E-state index in [9.17, 15) is 9.59 Å². The summed E-state index contributed by atoms with van der Waals surface area (Å²) in [5.74, 6) is -1.02. The average Bonchev–Trinajstić information content (AvgIpc) is 2.28. The lowest BCUT2D eigenvalue weighted by molar-refractivity contribution is -0.145. The molecule has 1 amide bonds. The van der Waals surface area contributed by atoms with Gasteiger partial charge in [0, 0.05) is 19.2 Å². The van der Waals surface area contributed by atoms with Crippen molar-refractivity contribution in [2.24, 2.45) is 0 Å². The summed E-state index contributed by atoms with van der Waals surface area (Å²) < 4.78 is 5.28. The van der Waals surface area contributed by atoms with Gasteiger partial charge in [-0.15, -0.1) is 0 Å². The SMILES string of the molecule is CC=CC=CC(=O)N1CCOC(CC(=O)O)C1. The maximum Gasteiger partial charge on any atom is 0.306 e. The molecule has 1 atom stereocenters. The first kappa shape index (κ1) is 13.4. The molecule has 0 aromatic rings. The number of carbonyl (C=O) groups is 2. The van der Waals surface area contributed by atoms with E-state index in [1.165, 1.54) is 6.08 Å². The molecule has 1 unspecified atom stereocenters. The number of carbonyl (C=O) groups excluding carboxylic acids is 1. The topological polar surface area (TPSA) is 66.8 Å². The fourth-order valence-corrected chi connectivity index (χ4v) is 1.59. The molecule has 0 aromatic heterocycles. The second-order valence-electron chi connectivity index (χ2n) is 3.76. The summed E-state index contributed by atoms with van der Waals surface area (Å²) >= 11 is 0. The van der Waals surface area contributed by atoms with Crippen molar-refractivity contribution in [3.8, 4) is 0 Å². The van der Waals surface area contributed by atoms with Gasteiger partial charge in [-0.3, -0.25) is 9.59 Å². The lowest BCUT2D eigenvalue weighted by Gasteiger charge is -2.31. The fraction of sp³-hybridized carbons (Fsp3) is 0.500. The van der Waals surface area contributed by atoms with Gasteiger partial charge in [-0.05, 0) is 6.92 Å². The van der Waals surface area contributed by atoms with Gasteiger partial charge in [0.1, 0.15) is 0 Å². The zero-order chi connectivity index (χ0) is 12.7. The number of amides is 1. The second-order valence-corrected chi connectivity index (χ2v) is 3.76. The first-order valence-corrected chi connectivity index (χ1v) is 5.55. The molecule has 5 heteroatoms. The molecule has 0 aliphatic carbocycles. The van der Waals surface area contributed by atoms with Gasteiger partial charge in [-0.25, -0.2) is 0 Å². The smallest absolute Gasteiger partial charge is 0.306 e. The number of hydrogen-bond donors (Lipinski definition) is 1. The minimum absolute atomic E-state index is 0.0671. The largest absolute Gasteiger partial charge is 0.481 e. The Morgan fingerprint density at radius 2 is 2.24 bits per heavy atom. The van der Waals surface area contributed by atoms with Gasteiger partial charge in [0.25, 0.3) is 0 Å². The molecule has 1 aliphatic rings. The molecule has 1 rings (SSSR count). The van der Waals surface area contributed by atoms with Crippen molar-refractivity contribution in [2.45, 2.75) is 19.4 Å². The fourth-order valence-electron chi connectivity index (χ4n) is 1.59. The minimum Gasteiger partial charge on any atom is -0.481 e. The van der Waals surface area contributed by atoms with Gasteiger partial charge < -0.3 is 14.7 Å². The molecule has 0 bridgehead atoms. The van der Waals surface area contributed by atoms with Gasteiger partial charge in [-0.1, -0.05) is 18.2 Å². The number of carboxylic acids is 1. The highest BCUT2D eigenvalue weighted by molar-refractivity contribution is 5.88. The Morgan fingerprint density at radius 1 is 1.47 bits per heavy atom. The van der Waals surface area contributed by atoms with Gasteiger partial charge >= 0.3 is 5.97 Å². The van der Waals surface area contributed by atoms with Crippen molar-refractivity contribution in [3.05, 3.63) is 24.3 Å². The van der Waals surface area contributed by atoms with E-state index in [1.807, 2.05) is 13.0 Å². The molecule has 0 saturated carbocycles. The highest BCUT2D eigenvalue weighted by atomic mass is 16.5. The van der Waals surface area contributed by atoms with E-state index in [4.69, 9.17) is 9.84 Å². The zero-order valence-corrected chi connectivity index (χ0v) is 9.83. The quantitative estimate of drug-likeness (QED) is 0.582. The van der Waals surface area contributed by atoms with Crippen LogP contribution in [0.5, 0.6) is 0 Å². The summed E-state index contributed by atoms with van der Waals surface area (Å²) in [5, 5.41) is 8.66. The predicted molar refractivity (Wildman–Crippen MR) is 62.5 cm³/mol. The van der Waals surface area contributed by atoms with Gasteiger partial charge in [0.2, 0.25) is 5.91 Å². The number of carboxylic acid groups (broad SMARTS) is 1. The number of aliphatic carboxylic acids is 1. The zero-order valence-electron chi connectivity index (χ0n) is 9.83. The molecule has 1 saturated heterocycles. The van der Waals surface area contributed by atoms with Crippen LogP contribution in [-0.4, -0.2) is 47.7 Å². The Bertz CT molecular complexity index is 335. The number of rotatable bonds is 4. The van der Waals surface area contributed by atoms with Crippen LogP contribution >= 0.6 is 0 Å². The maximum atomic E-state index is 11.7. The highest BCUT2D eigenvalue weighted by Crippen LogP contribution is 2.09. The third kappa shape index (κ3) is 4.82. The van der Waals surface area contributed by atoms with E-state index < -0.39 is 12.1 Å². The van der Waals surface area contributed by atoms with Crippen LogP contribution in [0, 0.1) is 0 Å². The van der Waals surface area contributed by atoms with Gasteiger partial charge in [0.15, 0.2) is 0 Å². The van der Waals surface area contributed by atoms with E-state index in [2.05, 4.69) is 0 Å². The first-order chi connectivity index (χ1) is 8.13. The van der Waals surface area contributed by atoms with Crippen LogP contribution in [-0.2, 0) is 14.3 Å². The van der Waals surface area contributed by atoms with Crippen molar-refractivity contribution in [3.63, 3.8) is 0 Å². The Hall–Kier alpha value is -1.62. The van der Waals surface area contributed by atoms with Crippen LogP contribution in [0.2, 0.25) is 0 Å². The summed E-state index contributed by atoms with van der Waals surface area (Å²) in [7, 11) is 0. The molecule has 94 valence electrons. The molecule has 5 nitrogen and oxygen atoms in total. The van der Waals surface area contributed by atoms with E-state index in [0.717, 1.165) is 0 Å².